The second-order valence-electron chi connectivity index (χ2n) is 18.6. The fraction of sp³-hybridized carbons (Fsp3) is 0.571. The molecule has 2 aliphatic heterocycles. The summed E-state index contributed by atoms with van der Waals surface area (Å²) in [5.41, 5.74) is -2.51. The monoisotopic (exact) mass is 966 g/mol. The summed E-state index contributed by atoms with van der Waals surface area (Å²) in [4.78, 5) is 47.1. The van der Waals surface area contributed by atoms with Crippen LogP contribution in [0.15, 0.2) is 60.7 Å². The number of morpholine rings is 1. The van der Waals surface area contributed by atoms with Crippen molar-refractivity contribution in [3.63, 3.8) is 0 Å². The number of benzene rings is 3. The molecule has 66 heavy (non-hydrogen) atoms. The van der Waals surface area contributed by atoms with Crippen molar-refractivity contribution in [2.75, 3.05) is 73.1 Å². The van der Waals surface area contributed by atoms with Gasteiger partial charge in [-0.15, -0.1) is 0 Å². The van der Waals surface area contributed by atoms with E-state index in [0.29, 0.717) is 82.0 Å². The van der Waals surface area contributed by atoms with Gasteiger partial charge < -0.3 is 29.1 Å². The van der Waals surface area contributed by atoms with E-state index in [1.807, 2.05) is 19.2 Å². The number of hydrogen-bond donors (Lipinski definition) is 0. The first kappa shape index (κ1) is 50.0. The Hall–Kier alpha value is -3.89. The van der Waals surface area contributed by atoms with Crippen molar-refractivity contribution < 1.29 is 50.2 Å². The molecule has 360 valence electrons. The zero-order chi connectivity index (χ0) is 47.4. The maximum Gasteiger partial charge on any atom is 0.416 e. The summed E-state index contributed by atoms with van der Waals surface area (Å²) in [6.45, 7) is 2.50. The van der Waals surface area contributed by atoms with E-state index in [1.165, 1.54) is 35.3 Å². The lowest BCUT2D eigenvalue weighted by atomic mass is 9.72. The molecule has 0 N–H and O–H groups in total. The number of ether oxygens (including phenoxy) is 2. The molecule has 0 aromatic heterocycles. The second kappa shape index (κ2) is 20.8. The zero-order valence-electron chi connectivity index (χ0n) is 37.4. The summed E-state index contributed by atoms with van der Waals surface area (Å²) in [5.74, 6) is -0.484. The predicted molar refractivity (Wildman–Crippen MR) is 239 cm³/mol. The number of fused-ring (bicyclic) bond motifs is 2. The maximum atomic E-state index is 13.9. The highest BCUT2D eigenvalue weighted by Crippen LogP contribution is 2.48. The van der Waals surface area contributed by atoms with Gasteiger partial charge in [0.25, 0.3) is 5.91 Å². The first-order valence-electron chi connectivity index (χ1n) is 22.9. The van der Waals surface area contributed by atoms with Crippen molar-refractivity contribution in [3.05, 3.63) is 104 Å². The minimum absolute atomic E-state index is 0.00170. The molecule has 17 heteroatoms. The van der Waals surface area contributed by atoms with Crippen LogP contribution in [0.3, 0.4) is 0 Å². The largest absolute Gasteiger partial charge is 0.416 e. The lowest BCUT2D eigenvalue weighted by Gasteiger charge is -2.46. The highest BCUT2D eigenvalue weighted by atomic mass is 35.5. The average Bonchev–Trinajstić information content (AvgIpc) is 3.59. The molecule has 0 unspecified atom stereocenters. The number of rotatable bonds is 14. The Balaban J connectivity index is 0.996. The Kier molecular flexibility index (Phi) is 15.7. The number of piperidine rings is 1. The summed E-state index contributed by atoms with van der Waals surface area (Å²) in [5, 5.41) is 0.486. The molecule has 0 bridgehead atoms. The summed E-state index contributed by atoms with van der Waals surface area (Å²) < 4.78 is 95.7. The van der Waals surface area contributed by atoms with Crippen LogP contribution in [0.1, 0.15) is 102 Å². The van der Waals surface area contributed by atoms with E-state index in [-0.39, 0.29) is 65.7 Å². The minimum Gasteiger partial charge on any atom is -0.367 e. The van der Waals surface area contributed by atoms with Crippen molar-refractivity contribution >= 4 is 40.9 Å². The van der Waals surface area contributed by atoms with Gasteiger partial charge in [0, 0.05) is 57.7 Å². The molecular formula is C49H58Cl2F6N4O5. The number of carbonyl (C=O) groups is 3. The number of likely N-dealkylation sites (tertiary alicyclic amines) is 1. The van der Waals surface area contributed by atoms with Gasteiger partial charge in [-0.25, -0.2) is 0 Å². The minimum atomic E-state index is -5.12. The number of nitrogens with zero attached hydrogens (tertiary/aromatic N) is 4. The summed E-state index contributed by atoms with van der Waals surface area (Å²) in [6, 6.07) is 14.1. The SMILES string of the molecule is CN(CCCN(C)C(=O)CC1CCCCC1)C(=O)CO[C@H]1Cc2ccccc2C12CCN(CC[C@@]1(c3ccc(Cl)c(Cl)c3)CN(C(=O)c3cc(C(F)(F)F)cc(C(F)(F)F)c3)CCO1)CC2. The summed E-state index contributed by atoms with van der Waals surface area (Å²) in [7, 11) is 3.60. The van der Waals surface area contributed by atoms with Gasteiger partial charge in [0.2, 0.25) is 11.8 Å². The van der Waals surface area contributed by atoms with Gasteiger partial charge in [-0.3, -0.25) is 14.4 Å². The molecule has 2 heterocycles. The van der Waals surface area contributed by atoms with E-state index >= 15 is 0 Å². The van der Waals surface area contributed by atoms with Crippen LogP contribution in [0.2, 0.25) is 10.0 Å². The van der Waals surface area contributed by atoms with Crippen LogP contribution in [0.4, 0.5) is 26.3 Å². The molecule has 7 rings (SSSR count). The fourth-order valence-corrected chi connectivity index (χ4v) is 10.7. The number of likely N-dealkylation sites (N-methyl/N-ethyl adjacent to an activating group) is 1. The number of carbonyl (C=O) groups excluding carboxylic acids is 3. The normalized spacial score (nSPS) is 21.5. The first-order chi connectivity index (χ1) is 31.3. The third-order valence-corrected chi connectivity index (χ3v) is 15.1. The van der Waals surface area contributed by atoms with Gasteiger partial charge in [-0.1, -0.05) is 72.8 Å². The van der Waals surface area contributed by atoms with E-state index in [9.17, 15) is 40.7 Å². The maximum absolute atomic E-state index is 13.9. The Morgan fingerprint density at radius 3 is 2.12 bits per heavy atom. The highest BCUT2D eigenvalue weighted by molar-refractivity contribution is 6.42. The number of alkyl halides is 6. The van der Waals surface area contributed by atoms with E-state index in [2.05, 4.69) is 17.0 Å². The summed E-state index contributed by atoms with van der Waals surface area (Å²) >= 11 is 12.8. The third-order valence-electron chi connectivity index (χ3n) is 14.3. The number of amides is 3. The Labute approximate surface area is 392 Å². The van der Waals surface area contributed by atoms with Gasteiger partial charge in [0.05, 0.1) is 40.4 Å². The zero-order valence-corrected chi connectivity index (χ0v) is 38.9. The lowest BCUT2D eigenvalue weighted by Crippen LogP contribution is -2.54. The first-order valence-corrected chi connectivity index (χ1v) is 23.6. The van der Waals surface area contributed by atoms with Gasteiger partial charge in [-0.2, -0.15) is 26.3 Å². The molecule has 9 nitrogen and oxygen atoms in total. The Morgan fingerprint density at radius 2 is 1.47 bits per heavy atom. The molecule has 3 amide bonds. The Bertz CT molecular complexity index is 2180. The molecule has 2 saturated heterocycles. The van der Waals surface area contributed by atoms with Crippen LogP contribution in [0.5, 0.6) is 0 Å². The molecule has 3 fully saturated rings. The topological polar surface area (TPSA) is 82.6 Å². The van der Waals surface area contributed by atoms with Crippen molar-refractivity contribution in [2.45, 2.75) is 100 Å². The summed E-state index contributed by atoms with van der Waals surface area (Å²) in [6.07, 6.45) is -0.939. The second-order valence-corrected chi connectivity index (χ2v) is 19.4. The van der Waals surface area contributed by atoms with E-state index in [0.717, 1.165) is 25.7 Å². The predicted octanol–water partition coefficient (Wildman–Crippen LogP) is 10.0. The van der Waals surface area contributed by atoms with E-state index < -0.39 is 40.6 Å². The fourth-order valence-electron chi connectivity index (χ4n) is 10.4. The van der Waals surface area contributed by atoms with Crippen molar-refractivity contribution in [3.8, 4) is 0 Å². The van der Waals surface area contributed by atoms with Gasteiger partial charge >= 0.3 is 12.4 Å². The van der Waals surface area contributed by atoms with Crippen molar-refractivity contribution in [1.29, 1.82) is 0 Å². The smallest absolute Gasteiger partial charge is 0.367 e. The molecule has 3 aromatic rings. The molecule has 1 spiro atoms. The van der Waals surface area contributed by atoms with Crippen molar-refractivity contribution in [1.82, 2.24) is 19.6 Å². The third kappa shape index (κ3) is 11.5. The molecule has 1 saturated carbocycles. The number of halogens is 8. The quantitative estimate of drug-likeness (QED) is 0.150. The standard InChI is InChI=1S/C49H58Cl2F6N4O5/c1-58(43(62)25-33-9-4-3-5-10-33)18-8-19-59(2)44(63)31-65-42-28-34-11-6-7-12-39(34)46(42)15-20-60(21-16-46)22-17-47(36-13-14-40(50)41(51)30-36)32-61(23-24-66-47)45(64)35-26-37(48(52,53)54)29-38(27-35)49(55,56)57/h6-7,11-14,26-27,29-30,33,42H,3-5,8-10,15-25,28,31-32H2,1-2H3/t42-,47-/m0/s1. The van der Waals surface area contributed by atoms with Crippen LogP contribution in [0, 0.1) is 5.92 Å². The van der Waals surface area contributed by atoms with Crippen LogP contribution < -0.4 is 0 Å². The van der Waals surface area contributed by atoms with Gasteiger partial charge in [0.15, 0.2) is 0 Å². The van der Waals surface area contributed by atoms with Crippen LogP contribution >= 0.6 is 23.2 Å². The van der Waals surface area contributed by atoms with Crippen LogP contribution in [-0.2, 0) is 48.9 Å². The lowest BCUT2D eigenvalue weighted by molar-refractivity contribution is -0.143. The average molecular weight is 968 g/mol. The molecular weight excluding hydrogens is 909 g/mol. The van der Waals surface area contributed by atoms with E-state index in [4.69, 9.17) is 32.7 Å². The van der Waals surface area contributed by atoms with Crippen molar-refractivity contribution in [2.24, 2.45) is 5.92 Å². The molecule has 3 aromatic carbocycles. The van der Waals surface area contributed by atoms with Crippen LogP contribution in [0.25, 0.3) is 0 Å². The van der Waals surface area contributed by atoms with Crippen LogP contribution in [-0.4, -0.2) is 117 Å². The number of hydrogen-bond acceptors (Lipinski definition) is 6. The molecule has 4 aliphatic rings. The molecule has 2 aliphatic carbocycles. The molecule has 2 atom stereocenters. The highest BCUT2D eigenvalue weighted by Gasteiger charge is 2.50. The van der Waals surface area contributed by atoms with E-state index in [1.54, 1.807) is 35.0 Å². The van der Waals surface area contributed by atoms with Gasteiger partial charge in [-0.05, 0) is 111 Å². The Morgan fingerprint density at radius 1 is 0.818 bits per heavy atom. The van der Waals surface area contributed by atoms with Gasteiger partial charge in [0.1, 0.15) is 12.2 Å². The molecule has 0 radical (unpaired) electrons.